The second-order valence-electron chi connectivity index (χ2n) is 8.40. The number of phenols is 1. The van der Waals surface area contributed by atoms with Crippen LogP contribution in [0.15, 0.2) is 52.0 Å². The normalized spacial score (nSPS) is 27.2. The van der Waals surface area contributed by atoms with Crippen molar-refractivity contribution < 1.29 is 39.2 Å². The lowest BCUT2D eigenvalue weighted by atomic mass is 9.59. The van der Waals surface area contributed by atoms with E-state index in [1.54, 1.807) is 12.1 Å². The summed E-state index contributed by atoms with van der Waals surface area (Å²) in [6.07, 6.45) is 2.98. The van der Waals surface area contributed by atoms with Gasteiger partial charge in [-0.25, -0.2) is 0 Å². The Labute approximate surface area is 181 Å². The highest BCUT2D eigenvalue weighted by atomic mass is 16.3. The Morgan fingerprint density at radius 1 is 1.12 bits per heavy atom. The molecule has 1 aromatic carbocycles. The Kier molecular flexibility index (Phi) is 4.12. The van der Waals surface area contributed by atoms with E-state index in [4.69, 9.17) is 10.2 Å². The molecular weight excluding hydrogens is 418 g/mol. The molecule has 0 aliphatic heterocycles. The van der Waals surface area contributed by atoms with Gasteiger partial charge in [0.05, 0.1) is 18.1 Å². The molecule has 0 bridgehead atoms. The molecule has 6 N–H and O–H groups in total. The van der Waals surface area contributed by atoms with Crippen LogP contribution >= 0.6 is 0 Å². The molecule has 0 unspecified atom stereocenters. The molecule has 1 fully saturated rings. The van der Waals surface area contributed by atoms with Gasteiger partial charge in [-0.15, -0.1) is 0 Å². The van der Waals surface area contributed by atoms with Crippen LogP contribution in [0.2, 0.25) is 0 Å². The number of carbonyl (C=O) groups excluding carboxylic acids is 3. The van der Waals surface area contributed by atoms with Crippen LogP contribution in [0.1, 0.15) is 24.0 Å². The van der Waals surface area contributed by atoms with E-state index in [9.17, 15) is 34.8 Å². The van der Waals surface area contributed by atoms with Gasteiger partial charge in [-0.05, 0) is 42.0 Å². The average molecular weight is 437 g/mol. The lowest BCUT2D eigenvalue weighted by Gasteiger charge is -2.46. The van der Waals surface area contributed by atoms with Crippen LogP contribution in [0.4, 0.5) is 0 Å². The Morgan fingerprint density at radius 2 is 1.88 bits per heavy atom. The minimum absolute atomic E-state index is 0.0517. The van der Waals surface area contributed by atoms with Gasteiger partial charge in [-0.3, -0.25) is 14.4 Å². The van der Waals surface area contributed by atoms with Crippen molar-refractivity contribution in [2.45, 2.75) is 24.9 Å². The maximum absolute atomic E-state index is 13.4. The number of Topliss-reactive ketones (excluding diaryl/α,β-unsaturated/α-hetero) is 2. The molecule has 32 heavy (non-hydrogen) atoms. The molecule has 1 heterocycles. The fraction of sp³-hybridized carbons (Fsp3) is 0.261. The van der Waals surface area contributed by atoms with Crippen LogP contribution in [-0.4, -0.2) is 43.5 Å². The van der Waals surface area contributed by atoms with Gasteiger partial charge in [-0.1, -0.05) is 6.07 Å². The third-order valence-electron chi connectivity index (χ3n) is 6.78. The summed E-state index contributed by atoms with van der Waals surface area (Å²) in [5, 5.41) is 43.3. The molecule has 0 radical (unpaired) electrons. The molecule has 5 rings (SSSR count). The zero-order valence-electron chi connectivity index (χ0n) is 16.7. The quantitative estimate of drug-likeness (QED) is 0.442. The third kappa shape index (κ3) is 2.45. The average Bonchev–Trinajstić information content (AvgIpc) is 3.25. The van der Waals surface area contributed by atoms with Crippen LogP contribution in [-0.2, 0) is 20.8 Å². The van der Waals surface area contributed by atoms with Crippen LogP contribution in [0, 0.1) is 11.8 Å². The molecule has 1 amide bonds. The van der Waals surface area contributed by atoms with Gasteiger partial charge in [0.25, 0.3) is 5.91 Å². The van der Waals surface area contributed by atoms with Crippen molar-refractivity contribution in [2.24, 2.45) is 17.6 Å². The molecule has 9 nitrogen and oxygen atoms in total. The third-order valence-corrected chi connectivity index (χ3v) is 6.78. The number of rotatable bonds is 2. The van der Waals surface area contributed by atoms with E-state index in [0.29, 0.717) is 11.1 Å². The van der Waals surface area contributed by atoms with E-state index in [1.165, 1.54) is 18.6 Å². The van der Waals surface area contributed by atoms with Gasteiger partial charge in [0.1, 0.15) is 22.8 Å². The van der Waals surface area contributed by atoms with Gasteiger partial charge in [0.15, 0.2) is 11.4 Å². The Hall–Kier alpha value is -3.85. The summed E-state index contributed by atoms with van der Waals surface area (Å²) in [5.74, 6) is -6.44. The largest absolute Gasteiger partial charge is 0.508 e. The summed E-state index contributed by atoms with van der Waals surface area (Å²) in [5.41, 5.74) is 3.70. The first-order chi connectivity index (χ1) is 15.2. The highest BCUT2D eigenvalue weighted by Gasteiger charge is 2.60. The highest BCUT2D eigenvalue weighted by Crippen LogP contribution is 2.53. The lowest BCUT2D eigenvalue weighted by molar-refractivity contribution is -0.147. The van der Waals surface area contributed by atoms with E-state index >= 15 is 0 Å². The number of amides is 1. The number of benzene rings is 1. The first-order valence-electron chi connectivity index (χ1n) is 10.0. The highest BCUT2D eigenvalue weighted by molar-refractivity contribution is 6.22. The SMILES string of the molecule is NC(=O)C1=C(O)[C@@]2(O)C(=O)C3=C(O)c4c(O)ccc(-c5ccoc5)c4C[C@H]3C[C@H]2CC1=O. The molecule has 164 valence electrons. The number of fused-ring (bicyclic) bond motifs is 3. The smallest absolute Gasteiger partial charge is 0.255 e. The second-order valence-corrected chi connectivity index (χ2v) is 8.40. The standard InChI is InChI=1S/C23H19NO8/c24-22(30)18-15(26)7-11-5-10-6-13-12(9-3-4-32-8-9)1-2-14(25)17(13)19(27)16(10)20(28)23(11,31)21(18)29/h1-4,8,10-11,25,27,29,31H,5-7H2,(H2,24,30)/t10-,11+,23+/m1/s1. The van der Waals surface area contributed by atoms with Gasteiger partial charge >= 0.3 is 0 Å². The number of aromatic hydroxyl groups is 1. The van der Waals surface area contributed by atoms with Crippen molar-refractivity contribution in [2.75, 3.05) is 0 Å². The molecule has 0 spiro atoms. The number of aliphatic hydroxyl groups excluding tert-OH is 2. The molecule has 1 aromatic heterocycles. The van der Waals surface area contributed by atoms with Crippen molar-refractivity contribution in [1.82, 2.24) is 0 Å². The van der Waals surface area contributed by atoms with Crippen LogP contribution < -0.4 is 5.73 Å². The minimum atomic E-state index is -2.56. The zero-order valence-corrected chi connectivity index (χ0v) is 16.7. The molecular formula is C23H19NO8. The van der Waals surface area contributed by atoms with Crippen molar-refractivity contribution in [3.63, 3.8) is 0 Å². The Bertz CT molecular complexity index is 1270. The number of furan rings is 1. The van der Waals surface area contributed by atoms with Crippen LogP contribution in [0.3, 0.4) is 0 Å². The maximum atomic E-state index is 13.4. The summed E-state index contributed by atoms with van der Waals surface area (Å²) < 4.78 is 5.15. The monoisotopic (exact) mass is 437 g/mol. The predicted octanol–water partition coefficient (Wildman–Crippen LogP) is 1.68. The van der Waals surface area contributed by atoms with Crippen molar-refractivity contribution >= 4 is 23.2 Å². The van der Waals surface area contributed by atoms with E-state index in [0.717, 1.165) is 5.56 Å². The number of phenolic OH excluding ortho intramolecular Hbond substituents is 1. The second kappa shape index (κ2) is 6.57. The summed E-state index contributed by atoms with van der Waals surface area (Å²) in [7, 11) is 0. The number of ketones is 2. The first-order valence-corrected chi connectivity index (χ1v) is 10.0. The van der Waals surface area contributed by atoms with Crippen molar-refractivity contribution in [1.29, 1.82) is 0 Å². The fourth-order valence-electron chi connectivity index (χ4n) is 5.31. The Morgan fingerprint density at radius 3 is 2.53 bits per heavy atom. The zero-order chi connectivity index (χ0) is 22.9. The maximum Gasteiger partial charge on any atom is 0.255 e. The number of aliphatic hydroxyl groups is 3. The summed E-state index contributed by atoms with van der Waals surface area (Å²) in [6.45, 7) is 0. The van der Waals surface area contributed by atoms with E-state index in [2.05, 4.69) is 0 Å². The minimum Gasteiger partial charge on any atom is -0.508 e. The van der Waals surface area contributed by atoms with Gasteiger partial charge in [0.2, 0.25) is 5.78 Å². The van der Waals surface area contributed by atoms with Gasteiger partial charge in [0, 0.05) is 23.5 Å². The number of hydrogen-bond acceptors (Lipinski definition) is 8. The van der Waals surface area contributed by atoms with Crippen molar-refractivity contribution in [3.05, 3.63) is 58.8 Å². The number of primary amides is 1. The summed E-state index contributed by atoms with van der Waals surface area (Å²) >= 11 is 0. The molecule has 9 heteroatoms. The van der Waals surface area contributed by atoms with Crippen LogP contribution in [0.25, 0.3) is 16.9 Å². The first kappa shape index (κ1) is 20.1. The Balaban J connectivity index is 1.72. The number of nitrogens with two attached hydrogens (primary N) is 1. The predicted molar refractivity (Wildman–Crippen MR) is 109 cm³/mol. The van der Waals surface area contributed by atoms with E-state index in [1.807, 2.05) is 0 Å². The topological polar surface area (TPSA) is 171 Å². The molecule has 3 aliphatic rings. The molecule has 3 atom stereocenters. The molecule has 1 saturated carbocycles. The van der Waals surface area contributed by atoms with Gasteiger partial charge in [-0.2, -0.15) is 0 Å². The molecule has 0 saturated heterocycles. The molecule has 2 aromatic rings. The van der Waals surface area contributed by atoms with E-state index < -0.39 is 52.0 Å². The summed E-state index contributed by atoms with van der Waals surface area (Å²) in [6, 6.07) is 4.78. The van der Waals surface area contributed by atoms with E-state index in [-0.39, 0.29) is 36.1 Å². The molecule has 3 aliphatic carbocycles. The van der Waals surface area contributed by atoms with Gasteiger partial charge < -0.3 is 30.6 Å². The number of hydrogen-bond donors (Lipinski definition) is 5. The number of carbonyl (C=O) groups is 3. The fourth-order valence-corrected chi connectivity index (χ4v) is 5.31. The van der Waals surface area contributed by atoms with Crippen molar-refractivity contribution in [3.8, 4) is 16.9 Å². The van der Waals surface area contributed by atoms with Crippen LogP contribution in [0.5, 0.6) is 5.75 Å². The summed E-state index contributed by atoms with van der Waals surface area (Å²) in [4.78, 5) is 37.5. The lowest BCUT2D eigenvalue weighted by Crippen LogP contribution is -2.58.